The van der Waals surface area contributed by atoms with E-state index in [1.807, 2.05) is 16.3 Å². The summed E-state index contributed by atoms with van der Waals surface area (Å²) in [7, 11) is 0. The van der Waals surface area contributed by atoms with Crippen molar-refractivity contribution in [1.82, 2.24) is 4.90 Å². The molecule has 2 aliphatic rings. The molecule has 2 aromatic rings. The topological polar surface area (TPSA) is 49.9 Å². The van der Waals surface area contributed by atoms with Crippen molar-refractivity contribution < 1.29 is 18.7 Å². The van der Waals surface area contributed by atoms with E-state index in [1.54, 1.807) is 28.4 Å². The summed E-state index contributed by atoms with van der Waals surface area (Å²) in [6, 6.07) is 10.1. The Morgan fingerprint density at radius 1 is 1.21 bits per heavy atom. The Morgan fingerprint density at radius 3 is 2.66 bits per heavy atom. The number of rotatable bonds is 6. The number of carbonyl (C=O) groups excluding carboxylic acids is 2. The summed E-state index contributed by atoms with van der Waals surface area (Å²) in [5.41, 5.74) is 0.642. The molecule has 154 valence electrons. The minimum absolute atomic E-state index is 0.0476. The van der Waals surface area contributed by atoms with Gasteiger partial charge in [-0.05, 0) is 55.0 Å². The number of benzene rings is 1. The monoisotopic (exact) mass is 416 g/mol. The van der Waals surface area contributed by atoms with Crippen LogP contribution < -0.4 is 4.90 Å². The van der Waals surface area contributed by atoms with Gasteiger partial charge in [-0.15, -0.1) is 11.3 Å². The Kier molecular flexibility index (Phi) is 6.25. The first-order valence-electron chi connectivity index (χ1n) is 10.1. The molecular formula is C22H25FN2O3S. The van der Waals surface area contributed by atoms with Gasteiger partial charge in [-0.3, -0.25) is 9.59 Å². The molecule has 1 aromatic carbocycles. The van der Waals surface area contributed by atoms with Crippen LogP contribution in [0.2, 0.25) is 0 Å². The lowest BCUT2D eigenvalue weighted by Crippen LogP contribution is -2.47. The maximum Gasteiger partial charge on any atom is 0.228 e. The summed E-state index contributed by atoms with van der Waals surface area (Å²) in [5, 5.41) is 2.05. The van der Waals surface area contributed by atoms with Crippen molar-refractivity contribution >= 4 is 28.8 Å². The second-order valence-corrected chi connectivity index (χ2v) is 8.62. The zero-order valence-electron chi connectivity index (χ0n) is 16.3. The van der Waals surface area contributed by atoms with Crippen LogP contribution in [0.3, 0.4) is 0 Å². The predicted molar refractivity (Wildman–Crippen MR) is 110 cm³/mol. The molecule has 7 heteroatoms. The molecule has 0 saturated carbocycles. The highest BCUT2D eigenvalue weighted by atomic mass is 32.1. The van der Waals surface area contributed by atoms with Crippen molar-refractivity contribution in [3.8, 4) is 0 Å². The van der Waals surface area contributed by atoms with Crippen molar-refractivity contribution in [1.29, 1.82) is 0 Å². The molecule has 0 radical (unpaired) electrons. The van der Waals surface area contributed by atoms with Crippen molar-refractivity contribution in [3.63, 3.8) is 0 Å². The van der Waals surface area contributed by atoms with Crippen LogP contribution in [0.1, 0.15) is 24.1 Å². The summed E-state index contributed by atoms with van der Waals surface area (Å²) >= 11 is 1.70. The minimum atomic E-state index is -0.362. The van der Waals surface area contributed by atoms with E-state index in [1.165, 1.54) is 17.0 Å². The molecule has 3 heterocycles. The van der Waals surface area contributed by atoms with Gasteiger partial charge in [-0.1, -0.05) is 6.07 Å². The molecule has 0 N–H and O–H groups in total. The Balaban J connectivity index is 1.47. The predicted octanol–water partition coefficient (Wildman–Crippen LogP) is 3.49. The lowest BCUT2D eigenvalue weighted by Gasteiger charge is -2.36. The third kappa shape index (κ3) is 4.67. The van der Waals surface area contributed by atoms with E-state index in [9.17, 15) is 14.0 Å². The van der Waals surface area contributed by atoms with Crippen molar-refractivity contribution in [3.05, 3.63) is 52.5 Å². The quantitative estimate of drug-likeness (QED) is 0.724. The molecule has 2 aliphatic heterocycles. The number of halogens is 1. The normalized spacial score (nSPS) is 20.2. The van der Waals surface area contributed by atoms with E-state index in [0.29, 0.717) is 32.0 Å². The molecule has 2 fully saturated rings. The van der Waals surface area contributed by atoms with Gasteiger partial charge in [0.25, 0.3) is 0 Å². The number of carbonyl (C=O) groups is 2. The van der Waals surface area contributed by atoms with E-state index in [2.05, 4.69) is 6.07 Å². The molecule has 5 nitrogen and oxygen atoms in total. The second kappa shape index (κ2) is 9.05. The largest absolute Gasteiger partial charge is 0.381 e. The van der Waals surface area contributed by atoms with Crippen molar-refractivity contribution in [2.24, 2.45) is 5.92 Å². The zero-order chi connectivity index (χ0) is 20.2. The zero-order valence-corrected chi connectivity index (χ0v) is 17.1. The van der Waals surface area contributed by atoms with Crippen molar-refractivity contribution in [2.45, 2.75) is 31.7 Å². The molecule has 2 saturated heterocycles. The van der Waals surface area contributed by atoms with Gasteiger partial charge in [0.15, 0.2) is 0 Å². The maximum absolute atomic E-state index is 13.4. The van der Waals surface area contributed by atoms with Crippen molar-refractivity contribution in [2.75, 3.05) is 31.2 Å². The van der Waals surface area contributed by atoms with Gasteiger partial charge in [-0.25, -0.2) is 4.39 Å². The molecule has 1 unspecified atom stereocenters. The first-order valence-corrected chi connectivity index (χ1v) is 11.0. The van der Waals surface area contributed by atoms with E-state index in [0.717, 1.165) is 19.3 Å². The molecule has 1 aromatic heterocycles. The van der Waals surface area contributed by atoms with Gasteiger partial charge < -0.3 is 14.5 Å². The average molecular weight is 417 g/mol. The van der Waals surface area contributed by atoms with E-state index in [-0.39, 0.29) is 36.0 Å². The number of hydrogen-bond donors (Lipinski definition) is 0. The summed E-state index contributed by atoms with van der Waals surface area (Å²) in [5.74, 6) is -0.738. The number of thiophene rings is 1. The summed E-state index contributed by atoms with van der Waals surface area (Å²) in [6.07, 6.45) is 2.69. The molecule has 0 spiro atoms. The Labute approximate surface area is 174 Å². The first-order chi connectivity index (χ1) is 14.1. The third-order valence-corrected chi connectivity index (χ3v) is 6.64. The van der Waals surface area contributed by atoms with E-state index < -0.39 is 0 Å². The van der Waals surface area contributed by atoms with Crippen LogP contribution in [-0.4, -0.2) is 49.1 Å². The molecular weight excluding hydrogens is 391 g/mol. The van der Waals surface area contributed by atoms with Gasteiger partial charge in [0.05, 0.1) is 5.92 Å². The third-order valence-electron chi connectivity index (χ3n) is 5.71. The molecule has 0 aliphatic carbocycles. The van der Waals surface area contributed by atoms with Gasteiger partial charge >= 0.3 is 0 Å². The van der Waals surface area contributed by atoms with Crippen LogP contribution in [0.5, 0.6) is 0 Å². The smallest absolute Gasteiger partial charge is 0.228 e. The van der Waals surface area contributed by atoms with Crippen LogP contribution in [-0.2, 0) is 20.7 Å². The van der Waals surface area contributed by atoms with Crippen LogP contribution in [0.15, 0.2) is 41.8 Å². The lowest BCUT2D eigenvalue weighted by atomic mass is 10.0. The Bertz CT molecular complexity index is 834. The number of hydrogen-bond acceptors (Lipinski definition) is 4. The van der Waals surface area contributed by atoms with Gasteiger partial charge in [0.2, 0.25) is 11.8 Å². The van der Waals surface area contributed by atoms with Crippen LogP contribution in [0.25, 0.3) is 0 Å². The van der Waals surface area contributed by atoms with E-state index >= 15 is 0 Å². The molecule has 0 bridgehead atoms. The number of ether oxygens (including phenoxy) is 1. The fourth-order valence-corrected chi connectivity index (χ4v) is 4.83. The molecule has 1 atom stereocenters. The standard InChI is InChI=1S/C22H25FN2O3S/c23-17-3-5-18(6-4-17)25-15-16(14-21(25)26)22(27)24(19-8-11-28-12-9-19)10-7-20-2-1-13-29-20/h1-6,13,16,19H,7-12,14-15H2. The number of nitrogens with zero attached hydrogens (tertiary/aromatic N) is 2. The molecule has 29 heavy (non-hydrogen) atoms. The van der Waals surface area contributed by atoms with Crippen LogP contribution >= 0.6 is 11.3 Å². The summed E-state index contributed by atoms with van der Waals surface area (Å²) in [4.78, 5) is 30.8. The first kappa shape index (κ1) is 20.0. The summed E-state index contributed by atoms with van der Waals surface area (Å²) in [6.45, 7) is 2.34. The highest BCUT2D eigenvalue weighted by molar-refractivity contribution is 7.09. The minimum Gasteiger partial charge on any atom is -0.381 e. The highest BCUT2D eigenvalue weighted by Crippen LogP contribution is 2.28. The average Bonchev–Trinajstić information content (AvgIpc) is 3.39. The van der Waals surface area contributed by atoms with Crippen LogP contribution in [0, 0.1) is 11.7 Å². The maximum atomic E-state index is 13.4. The van der Waals surface area contributed by atoms with Gasteiger partial charge in [-0.2, -0.15) is 0 Å². The summed E-state index contributed by atoms with van der Waals surface area (Å²) < 4.78 is 18.7. The van der Waals surface area contributed by atoms with Crippen LogP contribution in [0.4, 0.5) is 10.1 Å². The fraction of sp³-hybridized carbons (Fsp3) is 0.455. The molecule has 2 amide bonds. The second-order valence-electron chi connectivity index (χ2n) is 7.59. The number of anilines is 1. The highest BCUT2D eigenvalue weighted by Gasteiger charge is 2.39. The molecule has 4 rings (SSSR count). The van der Waals surface area contributed by atoms with Gasteiger partial charge in [0, 0.05) is 49.3 Å². The Morgan fingerprint density at radius 2 is 1.97 bits per heavy atom. The Hall–Kier alpha value is -2.25. The number of amides is 2. The SMILES string of the molecule is O=C1CC(C(=O)N(CCc2cccs2)C2CCOCC2)CN1c1ccc(F)cc1. The fourth-order valence-electron chi connectivity index (χ4n) is 4.13. The van der Waals surface area contributed by atoms with E-state index in [4.69, 9.17) is 4.74 Å². The van der Waals surface area contributed by atoms with Gasteiger partial charge in [0.1, 0.15) is 5.82 Å². The lowest BCUT2D eigenvalue weighted by molar-refractivity contribution is -0.139.